The highest BCUT2D eigenvalue weighted by molar-refractivity contribution is 5.71. The van der Waals surface area contributed by atoms with E-state index in [0.717, 1.165) is 16.7 Å². The van der Waals surface area contributed by atoms with Crippen LogP contribution in [0.1, 0.15) is 57.2 Å². The summed E-state index contributed by atoms with van der Waals surface area (Å²) in [7, 11) is 0. The summed E-state index contributed by atoms with van der Waals surface area (Å²) in [4.78, 5) is 22.3. The molecular formula is C19H28O4. The zero-order valence-corrected chi connectivity index (χ0v) is 15.1. The van der Waals surface area contributed by atoms with Crippen LogP contribution >= 0.6 is 0 Å². The minimum Gasteiger partial charge on any atom is -0.466 e. The number of carbonyl (C=O) groups is 2. The molecule has 4 nitrogen and oxygen atoms in total. The lowest BCUT2D eigenvalue weighted by atomic mass is 10.0. The maximum absolute atomic E-state index is 11.2. The summed E-state index contributed by atoms with van der Waals surface area (Å²) >= 11 is 0. The Morgan fingerprint density at radius 1 is 1.13 bits per heavy atom. The van der Waals surface area contributed by atoms with Gasteiger partial charge >= 0.3 is 11.9 Å². The quantitative estimate of drug-likeness (QED) is 0.567. The molecule has 0 atom stereocenters. The number of hydrogen-bond donors (Lipinski definition) is 0. The Kier molecular flexibility index (Phi) is 10.4. The van der Waals surface area contributed by atoms with Crippen LogP contribution in [-0.4, -0.2) is 18.5 Å². The fourth-order valence-electron chi connectivity index (χ4n) is 2.04. The normalized spacial score (nSPS) is 10.0. The number of hydrogen-bond acceptors (Lipinski definition) is 4. The molecular weight excluding hydrogens is 292 g/mol. The van der Waals surface area contributed by atoms with Crippen molar-refractivity contribution in [2.45, 2.75) is 54.4 Å². The number of aryl methyl sites for hydroxylation is 2. The first kappa shape index (κ1) is 20.9. The van der Waals surface area contributed by atoms with Crippen molar-refractivity contribution in [2.75, 3.05) is 6.61 Å². The summed E-state index contributed by atoms with van der Waals surface area (Å²) in [5.41, 5.74) is 2.84. The van der Waals surface area contributed by atoms with Crippen LogP contribution in [0.4, 0.5) is 0 Å². The van der Waals surface area contributed by atoms with Gasteiger partial charge in [-0.1, -0.05) is 26.0 Å². The molecule has 0 radical (unpaired) electrons. The van der Waals surface area contributed by atoms with E-state index in [1.807, 2.05) is 52.0 Å². The molecule has 0 aliphatic rings. The van der Waals surface area contributed by atoms with Crippen LogP contribution in [-0.2, 0) is 14.3 Å². The molecule has 0 unspecified atom stereocenters. The molecule has 0 spiro atoms. The SMILES string of the molecule is CC.CCOC(=O)CC/C=C/c1cc(C)c(OC(C)=O)c(C)c1. The minimum atomic E-state index is -0.320. The van der Waals surface area contributed by atoms with E-state index < -0.39 is 0 Å². The molecule has 0 aromatic heterocycles. The van der Waals surface area contributed by atoms with Gasteiger partial charge in [0.15, 0.2) is 0 Å². The largest absolute Gasteiger partial charge is 0.466 e. The molecule has 0 heterocycles. The molecule has 0 aliphatic carbocycles. The molecule has 1 rings (SSSR count). The van der Waals surface area contributed by atoms with Crippen LogP contribution in [0.3, 0.4) is 0 Å². The summed E-state index contributed by atoms with van der Waals surface area (Å²) < 4.78 is 10.1. The standard InChI is InChI=1S/C17H22O4.C2H6/c1-5-20-16(19)9-7-6-8-15-10-12(2)17(13(3)11-15)21-14(4)18;1-2/h6,8,10-11H,5,7,9H2,1-4H3;1-2H3/b8-6+;. The third kappa shape index (κ3) is 8.19. The summed E-state index contributed by atoms with van der Waals surface area (Å²) in [5.74, 6) is 0.116. The number of rotatable bonds is 6. The zero-order chi connectivity index (χ0) is 17.8. The monoisotopic (exact) mass is 320 g/mol. The van der Waals surface area contributed by atoms with Crippen LogP contribution in [0.25, 0.3) is 6.08 Å². The van der Waals surface area contributed by atoms with E-state index in [0.29, 0.717) is 25.2 Å². The molecule has 1 aromatic carbocycles. The van der Waals surface area contributed by atoms with Crippen molar-refractivity contribution in [2.24, 2.45) is 0 Å². The van der Waals surface area contributed by atoms with Gasteiger partial charge in [0, 0.05) is 13.3 Å². The summed E-state index contributed by atoms with van der Waals surface area (Å²) in [6.45, 7) is 11.4. The van der Waals surface area contributed by atoms with Crippen LogP contribution in [0.5, 0.6) is 5.75 Å². The Balaban J connectivity index is 0.00000232. The van der Waals surface area contributed by atoms with Crippen molar-refractivity contribution >= 4 is 18.0 Å². The van der Waals surface area contributed by atoms with Crippen molar-refractivity contribution in [3.63, 3.8) is 0 Å². The van der Waals surface area contributed by atoms with E-state index in [1.54, 1.807) is 6.92 Å². The van der Waals surface area contributed by atoms with E-state index in [-0.39, 0.29) is 11.9 Å². The molecule has 128 valence electrons. The Hall–Kier alpha value is -2.10. The van der Waals surface area contributed by atoms with Gasteiger partial charge in [-0.15, -0.1) is 0 Å². The van der Waals surface area contributed by atoms with Gasteiger partial charge in [0.1, 0.15) is 5.75 Å². The van der Waals surface area contributed by atoms with Gasteiger partial charge in [-0.05, 0) is 56.0 Å². The van der Waals surface area contributed by atoms with E-state index >= 15 is 0 Å². The second kappa shape index (κ2) is 11.5. The molecule has 0 saturated carbocycles. The van der Waals surface area contributed by atoms with E-state index in [1.165, 1.54) is 6.92 Å². The summed E-state index contributed by atoms with van der Waals surface area (Å²) in [5, 5.41) is 0. The lowest BCUT2D eigenvalue weighted by Crippen LogP contribution is -2.04. The van der Waals surface area contributed by atoms with Crippen molar-refractivity contribution in [1.82, 2.24) is 0 Å². The predicted molar refractivity (Wildman–Crippen MR) is 93.5 cm³/mol. The average molecular weight is 320 g/mol. The van der Waals surface area contributed by atoms with Crippen LogP contribution in [0, 0.1) is 13.8 Å². The van der Waals surface area contributed by atoms with Crippen LogP contribution in [0.15, 0.2) is 18.2 Å². The van der Waals surface area contributed by atoms with Gasteiger partial charge in [-0.2, -0.15) is 0 Å². The Bertz CT molecular complexity index is 521. The third-order valence-corrected chi connectivity index (χ3v) is 2.86. The van der Waals surface area contributed by atoms with E-state index in [2.05, 4.69) is 0 Å². The molecule has 0 amide bonds. The number of benzene rings is 1. The zero-order valence-electron chi connectivity index (χ0n) is 15.1. The maximum Gasteiger partial charge on any atom is 0.308 e. The fourth-order valence-corrected chi connectivity index (χ4v) is 2.04. The van der Waals surface area contributed by atoms with Crippen LogP contribution < -0.4 is 4.74 Å². The van der Waals surface area contributed by atoms with Crippen molar-refractivity contribution in [3.8, 4) is 5.75 Å². The number of carbonyl (C=O) groups excluding carboxylic acids is 2. The molecule has 0 saturated heterocycles. The highest BCUT2D eigenvalue weighted by Gasteiger charge is 2.07. The average Bonchev–Trinajstić information content (AvgIpc) is 2.49. The fraction of sp³-hybridized carbons (Fsp3) is 0.474. The number of ether oxygens (including phenoxy) is 2. The van der Waals surface area contributed by atoms with Gasteiger partial charge in [-0.25, -0.2) is 0 Å². The van der Waals surface area contributed by atoms with Gasteiger partial charge in [0.25, 0.3) is 0 Å². The molecule has 0 aliphatic heterocycles. The van der Waals surface area contributed by atoms with Gasteiger partial charge < -0.3 is 9.47 Å². The third-order valence-electron chi connectivity index (χ3n) is 2.86. The molecule has 4 heteroatoms. The Morgan fingerprint density at radius 3 is 2.17 bits per heavy atom. The summed E-state index contributed by atoms with van der Waals surface area (Å²) in [6.07, 6.45) is 4.92. The van der Waals surface area contributed by atoms with E-state index in [4.69, 9.17) is 9.47 Å². The molecule has 1 aromatic rings. The lowest BCUT2D eigenvalue weighted by molar-refractivity contribution is -0.143. The highest BCUT2D eigenvalue weighted by Crippen LogP contribution is 2.25. The first-order valence-corrected chi connectivity index (χ1v) is 8.05. The second-order valence-corrected chi connectivity index (χ2v) is 4.82. The molecule has 0 N–H and O–H groups in total. The topological polar surface area (TPSA) is 52.6 Å². The second-order valence-electron chi connectivity index (χ2n) is 4.82. The van der Waals surface area contributed by atoms with Crippen molar-refractivity contribution in [3.05, 3.63) is 34.9 Å². The highest BCUT2D eigenvalue weighted by atomic mass is 16.5. The van der Waals surface area contributed by atoms with E-state index in [9.17, 15) is 9.59 Å². The summed E-state index contributed by atoms with van der Waals surface area (Å²) in [6, 6.07) is 3.90. The predicted octanol–water partition coefficient (Wildman–Crippen LogP) is 4.61. The Morgan fingerprint density at radius 2 is 1.70 bits per heavy atom. The smallest absolute Gasteiger partial charge is 0.308 e. The molecule has 23 heavy (non-hydrogen) atoms. The van der Waals surface area contributed by atoms with Crippen molar-refractivity contribution in [1.29, 1.82) is 0 Å². The molecule has 0 fully saturated rings. The van der Waals surface area contributed by atoms with Crippen molar-refractivity contribution < 1.29 is 19.1 Å². The van der Waals surface area contributed by atoms with Crippen LogP contribution in [0.2, 0.25) is 0 Å². The first-order chi connectivity index (χ1) is 10.9. The van der Waals surface area contributed by atoms with Gasteiger partial charge in [-0.3, -0.25) is 9.59 Å². The van der Waals surface area contributed by atoms with Gasteiger partial charge in [0.05, 0.1) is 6.61 Å². The molecule has 0 bridgehead atoms. The van der Waals surface area contributed by atoms with Gasteiger partial charge in [0.2, 0.25) is 0 Å². The number of esters is 2. The first-order valence-electron chi connectivity index (χ1n) is 8.05. The lowest BCUT2D eigenvalue weighted by Gasteiger charge is -2.10. The number of allylic oxidation sites excluding steroid dienone is 1. The maximum atomic E-state index is 11.2. The minimum absolute atomic E-state index is 0.181. The Labute approximate surface area is 139 Å².